The second-order valence-electron chi connectivity index (χ2n) is 4.26. The molecular formula is C15H10BrN3O. The quantitative estimate of drug-likeness (QED) is 0.767. The highest BCUT2D eigenvalue weighted by atomic mass is 79.9. The minimum absolute atomic E-state index is 0.540. The van der Waals surface area contributed by atoms with E-state index in [1.54, 1.807) is 12.1 Å². The number of benzene rings is 2. The standard InChI is InChI=1S/C15H10BrN3O/c1-18-11-4-2-10(3-5-11)15-19-13-7-9(8-17)6-12(16)14(13)20-15/h2-7,18H,1H3. The summed E-state index contributed by atoms with van der Waals surface area (Å²) < 4.78 is 6.50. The van der Waals surface area contributed by atoms with Crippen LogP contribution in [-0.4, -0.2) is 12.0 Å². The number of nitrogens with zero attached hydrogens (tertiary/aromatic N) is 2. The Morgan fingerprint density at radius 3 is 2.65 bits per heavy atom. The number of hydrogen-bond donors (Lipinski definition) is 1. The maximum Gasteiger partial charge on any atom is 0.227 e. The Kier molecular flexibility index (Phi) is 3.17. The van der Waals surface area contributed by atoms with Crippen LogP contribution in [0.2, 0.25) is 0 Å². The van der Waals surface area contributed by atoms with Crippen LogP contribution < -0.4 is 5.32 Å². The molecule has 4 nitrogen and oxygen atoms in total. The highest BCUT2D eigenvalue weighted by Gasteiger charge is 2.12. The highest BCUT2D eigenvalue weighted by molar-refractivity contribution is 9.10. The summed E-state index contributed by atoms with van der Waals surface area (Å²) in [5.41, 5.74) is 3.79. The van der Waals surface area contributed by atoms with Gasteiger partial charge in [-0.3, -0.25) is 0 Å². The number of aromatic nitrogens is 1. The summed E-state index contributed by atoms with van der Waals surface area (Å²) in [5, 5.41) is 12.0. The monoisotopic (exact) mass is 327 g/mol. The predicted octanol–water partition coefficient (Wildman–Crippen LogP) is 4.17. The lowest BCUT2D eigenvalue weighted by atomic mass is 10.2. The maximum absolute atomic E-state index is 8.97. The Balaban J connectivity index is 2.12. The molecule has 20 heavy (non-hydrogen) atoms. The highest BCUT2D eigenvalue weighted by Crippen LogP contribution is 2.30. The van der Waals surface area contributed by atoms with Gasteiger partial charge in [-0.15, -0.1) is 0 Å². The van der Waals surface area contributed by atoms with Gasteiger partial charge in [0.2, 0.25) is 5.89 Å². The van der Waals surface area contributed by atoms with Gasteiger partial charge in [0.1, 0.15) is 5.52 Å². The lowest BCUT2D eigenvalue weighted by molar-refractivity contribution is 0.618. The van der Waals surface area contributed by atoms with Crippen molar-refractivity contribution in [2.24, 2.45) is 0 Å². The summed E-state index contributed by atoms with van der Waals surface area (Å²) in [6.45, 7) is 0. The molecular weight excluding hydrogens is 318 g/mol. The van der Waals surface area contributed by atoms with Crippen LogP contribution in [-0.2, 0) is 0 Å². The zero-order chi connectivity index (χ0) is 14.1. The van der Waals surface area contributed by atoms with E-state index in [4.69, 9.17) is 9.68 Å². The Morgan fingerprint density at radius 1 is 1.25 bits per heavy atom. The van der Waals surface area contributed by atoms with E-state index in [0.29, 0.717) is 22.6 Å². The Bertz CT molecular complexity index is 815. The normalized spacial score (nSPS) is 10.4. The zero-order valence-corrected chi connectivity index (χ0v) is 12.2. The number of halogens is 1. The third-order valence-corrected chi connectivity index (χ3v) is 3.58. The molecule has 5 heteroatoms. The third kappa shape index (κ3) is 2.15. The molecule has 0 amide bonds. The molecule has 0 bridgehead atoms. The van der Waals surface area contributed by atoms with E-state index in [1.165, 1.54) is 0 Å². The van der Waals surface area contributed by atoms with Crippen LogP contribution in [0, 0.1) is 11.3 Å². The van der Waals surface area contributed by atoms with Gasteiger partial charge < -0.3 is 9.73 Å². The van der Waals surface area contributed by atoms with E-state index in [9.17, 15) is 0 Å². The molecule has 1 aromatic heterocycles. The van der Waals surface area contributed by atoms with Crippen LogP contribution in [0.4, 0.5) is 5.69 Å². The SMILES string of the molecule is CNc1ccc(-c2nc3cc(C#N)cc(Br)c3o2)cc1. The summed E-state index contributed by atoms with van der Waals surface area (Å²) in [6.07, 6.45) is 0. The van der Waals surface area contributed by atoms with Gasteiger partial charge in [0, 0.05) is 18.3 Å². The second-order valence-corrected chi connectivity index (χ2v) is 5.12. The minimum atomic E-state index is 0.540. The molecule has 0 radical (unpaired) electrons. The van der Waals surface area contributed by atoms with Crippen LogP contribution in [0.5, 0.6) is 0 Å². The molecule has 3 aromatic rings. The van der Waals surface area contributed by atoms with E-state index in [0.717, 1.165) is 15.7 Å². The van der Waals surface area contributed by atoms with Crippen molar-refractivity contribution in [1.29, 1.82) is 5.26 Å². The molecule has 0 saturated heterocycles. The number of anilines is 1. The number of fused-ring (bicyclic) bond motifs is 1. The van der Waals surface area contributed by atoms with Crippen molar-refractivity contribution >= 4 is 32.7 Å². The summed E-state index contributed by atoms with van der Waals surface area (Å²) in [5.74, 6) is 0.540. The largest absolute Gasteiger partial charge is 0.435 e. The van der Waals surface area contributed by atoms with Gasteiger partial charge in [-0.1, -0.05) is 0 Å². The summed E-state index contributed by atoms with van der Waals surface area (Å²) in [6, 6.07) is 13.3. The Hall–Kier alpha value is -2.32. The molecule has 1 N–H and O–H groups in total. The predicted molar refractivity (Wildman–Crippen MR) is 81.4 cm³/mol. The third-order valence-electron chi connectivity index (χ3n) is 2.99. The van der Waals surface area contributed by atoms with E-state index < -0.39 is 0 Å². The van der Waals surface area contributed by atoms with Crippen LogP contribution in [0.1, 0.15) is 5.56 Å². The van der Waals surface area contributed by atoms with Gasteiger partial charge in [-0.05, 0) is 52.3 Å². The van der Waals surface area contributed by atoms with Crippen molar-refractivity contribution in [3.05, 3.63) is 46.4 Å². The first-order valence-corrected chi connectivity index (χ1v) is 6.79. The molecule has 0 aliphatic heterocycles. The van der Waals surface area contributed by atoms with Crippen LogP contribution in [0.3, 0.4) is 0 Å². The summed E-state index contributed by atoms with van der Waals surface area (Å²) >= 11 is 3.40. The van der Waals surface area contributed by atoms with Crippen molar-refractivity contribution in [1.82, 2.24) is 4.98 Å². The molecule has 0 atom stereocenters. The van der Waals surface area contributed by atoms with E-state index >= 15 is 0 Å². The van der Waals surface area contributed by atoms with E-state index in [2.05, 4.69) is 32.3 Å². The van der Waals surface area contributed by atoms with Gasteiger partial charge in [-0.25, -0.2) is 4.98 Å². The van der Waals surface area contributed by atoms with E-state index in [-0.39, 0.29) is 0 Å². The summed E-state index contributed by atoms with van der Waals surface area (Å²) in [7, 11) is 1.87. The molecule has 0 saturated carbocycles. The molecule has 3 rings (SSSR count). The van der Waals surface area contributed by atoms with Crippen LogP contribution in [0.15, 0.2) is 45.3 Å². The van der Waals surface area contributed by atoms with Crippen molar-refractivity contribution in [2.45, 2.75) is 0 Å². The van der Waals surface area contributed by atoms with Gasteiger partial charge in [0.25, 0.3) is 0 Å². The van der Waals surface area contributed by atoms with Crippen LogP contribution in [0.25, 0.3) is 22.6 Å². The Labute approximate surface area is 124 Å². The van der Waals surface area contributed by atoms with Crippen LogP contribution >= 0.6 is 15.9 Å². The van der Waals surface area contributed by atoms with Crippen molar-refractivity contribution in [3.8, 4) is 17.5 Å². The molecule has 0 unspecified atom stereocenters. The number of rotatable bonds is 2. The second kappa shape index (κ2) is 4.99. The minimum Gasteiger partial charge on any atom is -0.435 e. The average Bonchev–Trinajstić information content (AvgIpc) is 2.92. The van der Waals surface area contributed by atoms with Gasteiger partial charge in [0.15, 0.2) is 5.58 Å². The van der Waals surface area contributed by atoms with Gasteiger partial charge in [-0.2, -0.15) is 5.26 Å². The van der Waals surface area contributed by atoms with E-state index in [1.807, 2.05) is 31.3 Å². The van der Waals surface area contributed by atoms with Gasteiger partial charge >= 0.3 is 0 Å². The lowest BCUT2D eigenvalue weighted by Gasteiger charge is -1.99. The lowest BCUT2D eigenvalue weighted by Crippen LogP contribution is -1.86. The molecule has 98 valence electrons. The number of hydrogen-bond acceptors (Lipinski definition) is 4. The number of nitrogens with one attached hydrogen (secondary N) is 1. The smallest absolute Gasteiger partial charge is 0.227 e. The summed E-state index contributed by atoms with van der Waals surface area (Å²) in [4.78, 5) is 4.44. The first-order chi connectivity index (χ1) is 9.71. The zero-order valence-electron chi connectivity index (χ0n) is 10.6. The maximum atomic E-state index is 8.97. The Morgan fingerprint density at radius 2 is 2.00 bits per heavy atom. The fourth-order valence-corrected chi connectivity index (χ4v) is 2.49. The first-order valence-electron chi connectivity index (χ1n) is 5.99. The molecule has 2 aromatic carbocycles. The number of oxazole rings is 1. The number of nitriles is 1. The molecule has 0 spiro atoms. The fourth-order valence-electron chi connectivity index (χ4n) is 1.96. The molecule has 0 aliphatic rings. The van der Waals surface area contributed by atoms with Crippen molar-refractivity contribution in [2.75, 3.05) is 12.4 Å². The molecule has 1 heterocycles. The van der Waals surface area contributed by atoms with Crippen molar-refractivity contribution < 1.29 is 4.42 Å². The average molecular weight is 328 g/mol. The molecule has 0 aliphatic carbocycles. The van der Waals surface area contributed by atoms with Gasteiger partial charge in [0.05, 0.1) is 16.1 Å². The van der Waals surface area contributed by atoms with Crippen molar-refractivity contribution in [3.63, 3.8) is 0 Å². The fraction of sp³-hybridized carbons (Fsp3) is 0.0667. The molecule has 0 fully saturated rings. The first kappa shape index (κ1) is 12.7. The topological polar surface area (TPSA) is 61.9 Å².